The first kappa shape index (κ1) is 22.5. The van der Waals surface area contributed by atoms with E-state index in [1.54, 1.807) is 10.6 Å². The molecule has 0 unspecified atom stereocenters. The van der Waals surface area contributed by atoms with Gasteiger partial charge in [0.2, 0.25) is 0 Å². The van der Waals surface area contributed by atoms with Gasteiger partial charge in [0, 0.05) is 23.3 Å². The highest BCUT2D eigenvalue weighted by atomic mass is 16.5. The Morgan fingerprint density at radius 1 is 0.946 bits per heavy atom. The minimum absolute atomic E-state index is 0.241. The van der Waals surface area contributed by atoms with Gasteiger partial charge in [-0.25, -0.2) is 14.2 Å². The van der Waals surface area contributed by atoms with E-state index < -0.39 is 11.5 Å². The highest BCUT2D eigenvalue weighted by molar-refractivity contribution is 5.90. The number of benzene rings is 3. The van der Waals surface area contributed by atoms with Crippen LogP contribution in [0, 0.1) is 0 Å². The lowest BCUT2D eigenvalue weighted by Gasteiger charge is -2.12. The van der Waals surface area contributed by atoms with Gasteiger partial charge in [-0.3, -0.25) is 15.0 Å². The second-order valence-corrected chi connectivity index (χ2v) is 8.63. The van der Waals surface area contributed by atoms with Gasteiger partial charge in [0.1, 0.15) is 5.75 Å². The number of hydrogen-bond acceptors (Lipinski definition) is 5. The highest BCUT2D eigenvalue weighted by Crippen LogP contribution is 2.29. The monoisotopic (exact) mass is 489 g/mol. The van der Waals surface area contributed by atoms with Crippen LogP contribution in [-0.4, -0.2) is 31.8 Å². The molecule has 1 N–H and O–H groups in total. The maximum absolute atomic E-state index is 13.2. The van der Waals surface area contributed by atoms with Crippen molar-refractivity contribution >= 4 is 33.2 Å². The van der Waals surface area contributed by atoms with Crippen molar-refractivity contribution in [3.8, 4) is 16.9 Å². The molecule has 0 bridgehead atoms. The number of hydrogen-bond donors (Lipinski definition) is 1. The average molecular weight is 490 g/mol. The summed E-state index contributed by atoms with van der Waals surface area (Å²) >= 11 is 0. The van der Waals surface area contributed by atoms with Gasteiger partial charge in [0.25, 0.3) is 11.5 Å². The highest BCUT2D eigenvalue weighted by Gasteiger charge is 2.18. The number of fused-ring (bicyclic) bond motifs is 4. The Morgan fingerprint density at radius 2 is 1.73 bits per heavy atom. The first-order valence-electron chi connectivity index (χ1n) is 12.0. The van der Waals surface area contributed by atoms with Crippen LogP contribution < -0.4 is 15.7 Å². The lowest BCUT2D eigenvalue weighted by atomic mass is 10.0. The summed E-state index contributed by atoms with van der Waals surface area (Å²) in [4.78, 5) is 30.4. The summed E-state index contributed by atoms with van der Waals surface area (Å²) in [5.74, 6) is 0.146. The molecule has 0 spiro atoms. The van der Waals surface area contributed by atoms with Gasteiger partial charge < -0.3 is 4.74 Å². The van der Waals surface area contributed by atoms with E-state index in [4.69, 9.17) is 9.84 Å². The number of ether oxygens (including phenoxy) is 1. The summed E-state index contributed by atoms with van der Waals surface area (Å²) in [6.45, 7) is 1.80. The number of aromatic nitrogens is 4. The van der Waals surface area contributed by atoms with E-state index >= 15 is 0 Å². The van der Waals surface area contributed by atoms with Crippen molar-refractivity contribution in [1.29, 1.82) is 0 Å². The van der Waals surface area contributed by atoms with E-state index in [2.05, 4.69) is 10.4 Å². The van der Waals surface area contributed by atoms with Gasteiger partial charge in [-0.15, -0.1) is 0 Å². The minimum atomic E-state index is -0.456. The van der Waals surface area contributed by atoms with Crippen LogP contribution in [0.5, 0.6) is 5.75 Å². The van der Waals surface area contributed by atoms with E-state index in [-0.39, 0.29) is 6.61 Å². The van der Waals surface area contributed by atoms with Gasteiger partial charge in [0.05, 0.1) is 16.6 Å². The maximum atomic E-state index is 13.2. The van der Waals surface area contributed by atoms with Gasteiger partial charge in [-0.05, 0) is 29.5 Å². The number of carbonyl (C=O) groups excluding carboxylic acids is 1. The number of aryl methyl sites for hydroxylation is 1. The number of amides is 1. The lowest BCUT2D eigenvalue weighted by Crippen LogP contribution is -2.35. The molecule has 1 amide bonds. The number of pyridine rings is 1. The summed E-state index contributed by atoms with van der Waals surface area (Å²) in [5, 5.41) is 7.03. The average Bonchev–Trinajstić information content (AvgIpc) is 3.33. The fourth-order valence-electron chi connectivity index (χ4n) is 4.58. The number of rotatable bonds is 6. The van der Waals surface area contributed by atoms with Crippen LogP contribution in [-0.2, 0) is 11.2 Å². The van der Waals surface area contributed by atoms with E-state index in [9.17, 15) is 9.59 Å². The third kappa shape index (κ3) is 3.98. The van der Waals surface area contributed by atoms with Crippen LogP contribution in [0.25, 0.3) is 38.4 Å². The molecule has 37 heavy (non-hydrogen) atoms. The van der Waals surface area contributed by atoms with Gasteiger partial charge in [-0.2, -0.15) is 5.10 Å². The Balaban J connectivity index is 1.30. The molecule has 0 atom stereocenters. The number of nitrogens with one attached hydrogen (secondary N) is 1. The molecule has 6 rings (SSSR count). The topological polar surface area (TPSA) is 90.5 Å². The molecule has 3 aromatic carbocycles. The minimum Gasteiger partial charge on any atom is -0.483 e. The zero-order valence-corrected chi connectivity index (χ0v) is 20.1. The fraction of sp³-hybridized carbons (Fsp3) is 0.103. The molecular formula is C29H23N5O3. The van der Waals surface area contributed by atoms with Crippen LogP contribution in [0.15, 0.2) is 96.1 Å². The van der Waals surface area contributed by atoms with Crippen molar-refractivity contribution in [2.24, 2.45) is 0 Å². The largest absolute Gasteiger partial charge is 0.483 e. The van der Waals surface area contributed by atoms with Crippen molar-refractivity contribution in [3.05, 3.63) is 107 Å². The predicted octanol–water partition coefficient (Wildman–Crippen LogP) is 4.58. The second-order valence-electron chi connectivity index (χ2n) is 8.63. The number of carbonyl (C=O) groups is 1. The van der Waals surface area contributed by atoms with Crippen molar-refractivity contribution in [2.45, 2.75) is 13.3 Å². The molecule has 8 nitrogen and oxygen atoms in total. The molecule has 3 aromatic heterocycles. The van der Waals surface area contributed by atoms with Crippen molar-refractivity contribution in [1.82, 2.24) is 19.3 Å². The quantitative estimate of drug-likeness (QED) is 0.370. The standard InChI is InChI=1S/C29H23N5O3/c1-2-23-27(20-10-4-3-5-11-20)28-30-17-22-24(34(28)31-23)15-16-33(29(22)36)32-26(35)18-37-25-14-8-12-19-9-6-7-13-21(19)25/h3-17H,2,18H2,1H3,(H,32,35). The molecule has 0 aliphatic carbocycles. The fourth-order valence-corrected chi connectivity index (χ4v) is 4.58. The van der Waals surface area contributed by atoms with Crippen LogP contribution in [0.4, 0.5) is 0 Å². The summed E-state index contributed by atoms with van der Waals surface area (Å²) in [6, 6.07) is 25.2. The van der Waals surface area contributed by atoms with E-state index in [0.717, 1.165) is 38.7 Å². The van der Waals surface area contributed by atoms with Crippen molar-refractivity contribution in [2.75, 3.05) is 12.0 Å². The maximum Gasteiger partial charge on any atom is 0.280 e. The SMILES string of the molecule is CCc1nn2c(ncc3c(=O)n(NC(=O)COc4cccc5ccccc45)ccc32)c1-c1ccccc1. The van der Waals surface area contributed by atoms with Crippen LogP contribution in [0.1, 0.15) is 12.6 Å². The molecule has 0 saturated carbocycles. The molecule has 0 aliphatic heterocycles. The van der Waals surface area contributed by atoms with E-state index in [1.165, 1.54) is 12.4 Å². The molecule has 6 aromatic rings. The summed E-state index contributed by atoms with van der Waals surface area (Å²) < 4.78 is 8.60. The van der Waals surface area contributed by atoms with Crippen LogP contribution in [0.2, 0.25) is 0 Å². The van der Waals surface area contributed by atoms with Crippen LogP contribution >= 0.6 is 0 Å². The third-order valence-electron chi connectivity index (χ3n) is 6.34. The molecule has 8 heteroatoms. The van der Waals surface area contributed by atoms with Gasteiger partial charge in [-0.1, -0.05) is 73.7 Å². The molecule has 0 aliphatic rings. The van der Waals surface area contributed by atoms with E-state index in [0.29, 0.717) is 22.3 Å². The molecule has 182 valence electrons. The van der Waals surface area contributed by atoms with Crippen LogP contribution in [0.3, 0.4) is 0 Å². The van der Waals surface area contributed by atoms with E-state index in [1.807, 2.05) is 79.7 Å². The normalized spacial score (nSPS) is 11.3. The zero-order valence-electron chi connectivity index (χ0n) is 20.1. The Labute approximate surface area is 211 Å². The lowest BCUT2D eigenvalue weighted by molar-refractivity contribution is -0.119. The third-order valence-corrected chi connectivity index (χ3v) is 6.34. The van der Waals surface area contributed by atoms with Gasteiger partial charge >= 0.3 is 0 Å². The first-order chi connectivity index (χ1) is 18.1. The zero-order chi connectivity index (χ0) is 25.4. The smallest absolute Gasteiger partial charge is 0.280 e. The second kappa shape index (κ2) is 9.23. The molecule has 0 fully saturated rings. The Hall–Kier alpha value is -4.98. The molecular weight excluding hydrogens is 466 g/mol. The van der Waals surface area contributed by atoms with Crippen molar-refractivity contribution in [3.63, 3.8) is 0 Å². The molecule has 3 heterocycles. The van der Waals surface area contributed by atoms with Gasteiger partial charge in [0.15, 0.2) is 12.3 Å². The summed E-state index contributed by atoms with van der Waals surface area (Å²) in [6.07, 6.45) is 3.78. The Bertz CT molecular complexity index is 1830. The number of nitrogens with zero attached hydrogens (tertiary/aromatic N) is 4. The molecule has 0 radical (unpaired) electrons. The summed E-state index contributed by atoms with van der Waals surface area (Å²) in [7, 11) is 0. The Kier molecular flexibility index (Phi) is 5.61. The first-order valence-corrected chi connectivity index (χ1v) is 12.0. The molecule has 0 saturated heterocycles. The summed E-state index contributed by atoms with van der Waals surface area (Å²) in [5.41, 5.74) is 6.37. The van der Waals surface area contributed by atoms with Crippen molar-refractivity contribution < 1.29 is 9.53 Å². The Morgan fingerprint density at radius 3 is 2.57 bits per heavy atom. The predicted molar refractivity (Wildman–Crippen MR) is 143 cm³/mol.